The van der Waals surface area contributed by atoms with Gasteiger partial charge in [-0.1, -0.05) is 66.6 Å². The first-order chi connectivity index (χ1) is 18.6. The molecular weight excluding hydrogens is 494 g/mol. The third-order valence-corrected chi connectivity index (χ3v) is 6.17. The SMILES string of the molecule is C#CC/N=C(N[C@@H]1CCN(C(=O)OC(C)(C)C)C1)\C(=C(/C)N(Cc1ccccc1)Cc1ccccc1)[N+](=O)[O-]. The Labute approximate surface area is 230 Å². The lowest BCUT2D eigenvalue weighted by atomic mass is 10.1. The summed E-state index contributed by atoms with van der Waals surface area (Å²) in [5.41, 5.74) is 1.75. The quantitative estimate of drug-likeness (QED) is 0.164. The smallest absolute Gasteiger partial charge is 0.410 e. The predicted molar refractivity (Wildman–Crippen MR) is 152 cm³/mol. The van der Waals surface area contributed by atoms with Crippen LogP contribution in [0, 0.1) is 22.5 Å². The molecule has 0 unspecified atom stereocenters. The molecule has 206 valence electrons. The van der Waals surface area contributed by atoms with Crippen LogP contribution in [0.1, 0.15) is 45.2 Å². The van der Waals surface area contributed by atoms with Crippen LogP contribution in [0.4, 0.5) is 4.79 Å². The van der Waals surface area contributed by atoms with Gasteiger partial charge in [-0.3, -0.25) is 10.1 Å². The van der Waals surface area contributed by atoms with Gasteiger partial charge in [0.2, 0.25) is 5.84 Å². The molecule has 1 fully saturated rings. The topological polar surface area (TPSA) is 100 Å². The van der Waals surface area contributed by atoms with Gasteiger partial charge >= 0.3 is 11.8 Å². The van der Waals surface area contributed by atoms with Gasteiger partial charge in [-0.15, -0.1) is 6.42 Å². The minimum Gasteiger partial charge on any atom is -0.444 e. The summed E-state index contributed by atoms with van der Waals surface area (Å²) >= 11 is 0. The lowest BCUT2D eigenvalue weighted by Gasteiger charge is -2.26. The number of carbonyl (C=O) groups is 1. The molecule has 2 aromatic carbocycles. The summed E-state index contributed by atoms with van der Waals surface area (Å²) in [7, 11) is 0. The Bertz CT molecular complexity index is 1190. The summed E-state index contributed by atoms with van der Waals surface area (Å²) in [5.74, 6) is 2.56. The Morgan fingerprint density at radius 2 is 1.72 bits per heavy atom. The maximum Gasteiger partial charge on any atom is 0.410 e. The van der Waals surface area contributed by atoms with E-state index in [0.29, 0.717) is 38.3 Å². The van der Waals surface area contributed by atoms with Gasteiger partial charge in [-0.25, -0.2) is 9.79 Å². The minimum absolute atomic E-state index is 0.0210. The van der Waals surface area contributed by atoms with Crippen LogP contribution in [0.2, 0.25) is 0 Å². The number of aliphatic imine (C=N–C) groups is 1. The standard InChI is InChI=1S/C30H37N5O4/c1-6-18-31-28(32-26-17-19-33(22-26)29(36)39-30(3,4)5)27(35(37)38)23(2)34(20-24-13-9-7-10-14-24)21-25-15-11-8-12-16-25/h1,7-16,26H,17-22H2,2-5H3,(H,31,32)/b27-23-/t26-/m1/s1. The molecule has 1 heterocycles. The molecule has 1 atom stereocenters. The van der Waals surface area contributed by atoms with Gasteiger partial charge in [-0.2, -0.15) is 0 Å². The number of terminal acetylenes is 1. The number of allylic oxidation sites excluding steroid dienone is 1. The number of carbonyl (C=O) groups excluding carboxylic acids is 1. The zero-order valence-corrected chi connectivity index (χ0v) is 23.1. The highest BCUT2D eigenvalue weighted by Gasteiger charge is 2.34. The Balaban J connectivity index is 1.92. The van der Waals surface area contributed by atoms with E-state index in [2.05, 4.69) is 16.2 Å². The lowest BCUT2D eigenvalue weighted by molar-refractivity contribution is -0.417. The summed E-state index contributed by atoms with van der Waals surface area (Å²) < 4.78 is 5.49. The summed E-state index contributed by atoms with van der Waals surface area (Å²) in [6, 6.07) is 19.4. The molecule has 3 rings (SSSR count). The van der Waals surface area contributed by atoms with Gasteiger partial charge < -0.3 is 19.9 Å². The van der Waals surface area contributed by atoms with E-state index in [1.165, 1.54) is 0 Å². The number of nitrogens with zero attached hydrogens (tertiary/aromatic N) is 4. The molecule has 9 heteroatoms. The molecule has 39 heavy (non-hydrogen) atoms. The molecule has 1 aliphatic rings. The van der Waals surface area contributed by atoms with Crippen LogP contribution >= 0.6 is 0 Å². The van der Waals surface area contributed by atoms with Gasteiger partial charge in [0.15, 0.2) is 0 Å². The second kappa shape index (κ2) is 13.5. The van der Waals surface area contributed by atoms with Crippen LogP contribution < -0.4 is 5.32 Å². The zero-order chi connectivity index (χ0) is 28.4. The van der Waals surface area contributed by atoms with Crippen molar-refractivity contribution in [1.82, 2.24) is 15.1 Å². The molecule has 0 spiro atoms. The van der Waals surface area contributed by atoms with Crippen molar-refractivity contribution in [1.29, 1.82) is 0 Å². The van der Waals surface area contributed by atoms with Crippen molar-refractivity contribution in [2.45, 2.75) is 58.8 Å². The highest BCUT2D eigenvalue weighted by molar-refractivity contribution is 5.97. The van der Waals surface area contributed by atoms with Crippen LogP contribution in [-0.4, -0.2) is 57.9 Å². The minimum atomic E-state index is -0.610. The van der Waals surface area contributed by atoms with E-state index in [0.717, 1.165) is 11.1 Å². The molecule has 0 radical (unpaired) electrons. The monoisotopic (exact) mass is 531 g/mol. The van der Waals surface area contributed by atoms with Crippen LogP contribution in [0.15, 0.2) is 77.1 Å². The van der Waals surface area contributed by atoms with E-state index in [-0.39, 0.29) is 24.1 Å². The summed E-state index contributed by atoms with van der Waals surface area (Å²) in [6.45, 7) is 8.91. The van der Waals surface area contributed by atoms with Gasteiger partial charge in [0, 0.05) is 32.2 Å². The molecule has 1 amide bonds. The van der Waals surface area contributed by atoms with E-state index in [4.69, 9.17) is 11.2 Å². The van der Waals surface area contributed by atoms with Crippen molar-refractivity contribution in [3.05, 3.63) is 93.3 Å². The van der Waals surface area contributed by atoms with Crippen LogP contribution in [0.25, 0.3) is 0 Å². The van der Waals surface area contributed by atoms with Crippen molar-refractivity contribution in [3.63, 3.8) is 0 Å². The van der Waals surface area contributed by atoms with Crippen LogP contribution in [-0.2, 0) is 17.8 Å². The molecule has 9 nitrogen and oxygen atoms in total. The number of hydrogen-bond acceptors (Lipinski definition) is 6. The summed E-state index contributed by atoms with van der Waals surface area (Å²) in [6.07, 6.45) is 5.65. The van der Waals surface area contributed by atoms with E-state index in [1.807, 2.05) is 86.3 Å². The van der Waals surface area contributed by atoms with Gasteiger partial charge in [-0.05, 0) is 45.2 Å². The molecule has 1 saturated heterocycles. The average molecular weight is 532 g/mol. The highest BCUT2D eigenvalue weighted by atomic mass is 16.6. The Morgan fingerprint density at radius 3 is 2.21 bits per heavy atom. The molecule has 0 bridgehead atoms. The normalized spacial score (nSPS) is 16.2. The van der Waals surface area contributed by atoms with Gasteiger partial charge in [0.1, 0.15) is 12.1 Å². The first-order valence-corrected chi connectivity index (χ1v) is 13.0. The molecule has 0 aromatic heterocycles. The fourth-order valence-corrected chi connectivity index (χ4v) is 4.32. The van der Waals surface area contributed by atoms with E-state index in [9.17, 15) is 14.9 Å². The number of amides is 1. The number of benzene rings is 2. The van der Waals surface area contributed by atoms with Crippen molar-refractivity contribution < 1.29 is 14.5 Å². The number of amidine groups is 1. The predicted octanol–water partition coefficient (Wildman–Crippen LogP) is 4.83. The third kappa shape index (κ3) is 8.88. The number of hydrogen-bond donors (Lipinski definition) is 1. The number of nitrogens with one attached hydrogen (secondary N) is 1. The van der Waals surface area contributed by atoms with E-state index < -0.39 is 16.6 Å². The van der Waals surface area contributed by atoms with Crippen LogP contribution in [0.3, 0.4) is 0 Å². The Kier molecular flexibility index (Phi) is 10.1. The van der Waals surface area contributed by atoms with Crippen LogP contribution in [0.5, 0.6) is 0 Å². The molecule has 0 saturated carbocycles. The van der Waals surface area contributed by atoms with Crippen molar-refractivity contribution in [2.24, 2.45) is 4.99 Å². The molecule has 0 aliphatic carbocycles. The van der Waals surface area contributed by atoms with E-state index >= 15 is 0 Å². The number of rotatable bonds is 9. The second-order valence-corrected chi connectivity index (χ2v) is 10.4. The first kappa shape index (κ1) is 29.2. The van der Waals surface area contributed by atoms with Crippen molar-refractivity contribution >= 4 is 11.9 Å². The van der Waals surface area contributed by atoms with E-state index in [1.54, 1.807) is 11.8 Å². The zero-order valence-electron chi connectivity index (χ0n) is 23.1. The fraction of sp³-hybridized carbons (Fsp3) is 0.400. The van der Waals surface area contributed by atoms with Crippen molar-refractivity contribution in [2.75, 3.05) is 19.6 Å². The fourth-order valence-electron chi connectivity index (χ4n) is 4.32. The Morgan fingerprint density at radius 1 is 1.15 bits per heavy atom. The lowest BCUT2D eigenvalue weighted by Crippen LogP contribution is -2.42. The molecule has 1 aliphatic heterocycles. The highest BCUT2D eigenvalue weighted by Crippen LogP contribution is 2.21. The van der Waals surface area contributed by atoms with Crippen molar-refractivity contribution in [3.8, 4) is 12.3 Å². The maximum absolute atomic E-state index is 12.5. The summed E-state index contributed by atoms with van der Waals surface area (Å²) in [4.78, 5) is 32.6. The first-order valence-electron chi connectivity index (χ1n) is 13.0. The Hall–Kier alpha value is -4.32. The van der Waals surface area contributed by atoms with Gasteiger partial charge in [0.05, 0.1) is 10.6 Å². The number of ether oxygens (including phenoxy) is 1. The average Bonchev–Trinajstić information content (AvgIpc) is 3.36. The largest absolute Gasteiger partial charge is 0.444 e. The third-order valence-electron chi connectivity index (χ3n) is 6.17. The summed E-state index contributed by atoms with van der Waals surface area (Å²) in [5, 5.41) is 15.7. The van der Waals surface area contributed by atoms with Gasteiger partial charge in [0.25, 0.3) is 0 Å². The molecule has 2 aromatic rings. The number of nitro groups is 1. The molecular formula is C30H37N5O4. The maximum atomic E-state index is 12.5. The number of likely N-dealkylation sites (tertiary alicyclic amines) is 1. The second-order valence-electron chi connectivity index (χ2n) is 10.4. The molecule has 1 N–H and O–H groups in total.